The van der Waals surface area contributed by atoms with Crippen molar-refractivity contribution in [1.82, 2.24) is 5.32 Å². The van der Waals surface area contributed by atoms with Gasteiger partial charge < -0.3 is 19.5 Å². The summed E-state index contributed by atoms with van der Waals surface area (Å²) >= 11 is 12.7. The lowest BCUT2D eigenvalue weighted by Crippen LogP contribution is -2.17. The van der Waals surface area contributed by atoms with Gasteiger partial charge in [0, 0.05) is 0 Å². The van der Waals surface area contributed by atoms with E-state index in [-0.39, 0.29) is 5.91 Å². The number of hydrogen-bond donors (Lipinski definition) is 1. The molecule has 0 aliphatic carbocycles. The van der Waals surface area contributed by atoms with Crippen molar-refractivity contribution < 1.29 is 19.0 Å². The Morgan fingerprint density at radius 1 is 1.07 bits per heavy atom. The van der Waals surface area contributed by atoms with Crippen LogP contribution in [0.15, 0.2) is 35.2 Å². The Hall–Kier alpha value is -2.22. The van der Waals surface area contributed by atoms with Crippen LogP contribution in [0.5, 0.6) is 17.2 Å². The number of amides is 1. The zero-order valence-electron chi connectivity index (χ0n) is 16.9. The highest BCUT2D eigenvalue weighted by atomic mass is 35.5. The molecule has 1 N–H and O–H groups in total. The molecule has 158 valence electrons. The summed E-state index contributed by atoms with van der Waals surface area (Å²) in [4.78, 5) is 12.4. The Morgan fingerprint density at radius 3 is 2.40 bits per heavy atom. The fourth-order valence-corrected chi connectivity index (χ4v) is 4.28. The van der Waals surface area contributed by atoms with Crippen molar-refractivity contribution in [2.45, 2.75) is 20.8 Å². The molecule has 0 unspecified atom stereocenters. The van der Waals surface area contributed by atoms with Crippen molar-refractivity contribution in [2.75, 3.05) is 19.8 Å². The van der Waals surface area contributed by atoms with Gasteiger partial charge in [0.05, 0.1) is 16.5 Å². The van der Waals surface area contributed by atoms with E-state index in [0.717, 1.165) is 22.4 Å². The monoisotopic (exact) mass is 463 g/mol. The summed E-state index contributed by atoms with van der Waals surface area (Å²) in [5.41, 5.74) is 3.02. The third kappa shape index (κ3) is 5.90. The number of thiocarbonyl (C=S) groups is 1. The summed E-state index contributed by atoms with van der Waals surface area (Å²) in [5.74, 6) is 1.54. The van der Waals surface area contributed by atoms with Crippen molar-refractivity contribution in [3.05, 3.63) is 56.9 Å². The van der Waals surface area contributed by atoms with Crippen LogP contribution in [0, 0.1) is 13.8 Å². The molecule has 30 heavy (non-hydrogen) atoms. The zero-order chi connectivity index (χ0) is 21.7. The standard InChI is InChI=1S/C22H22ClNO4S2/c1-4-26-18-11-15(12-19-21(25)24-22(29)30-19)10-17(23)20(18)28-6-5-27-16-8-13(2)7-14(3)9-16/h7-12H,4-6H2,1-3H3,(H,24,25,29)/b19-12+. The summed E-state index contributed by atoms with van der Waals surface area (Å²) in [6, 6.07) is 9.58. The van der Waals surface area contributed by atoms with E-state index in [0.29, 0.717) is 45.6 Å². The lowest BCUT2D eigenvalue weighted by molar-refractivity contribution is -0.115. The molecular formula is C22H22ClNO4S2. The number of rotatable bonds is 8. The third-order valence-corrected chi connectivity index (χ3v) is 5.51. The van der Waals surface area contributed by atoms with Gasteiger partial charge in [0.2, 0.25) is 0 Å². The zero-order valence-corrected chi connectivity index (χ0v) is 19.3. The first kappa shape index (κ1) is 22.5. The van der Waals surface area contributed by atoms with Crippen molar-refractivity contribution in [2.24, 2.45) is 0 Å². The molecule has 1 aliphatic rings. The molecule has 5 nitrogen and oxygen atoms in total. The van der Waals surface area contributed by atoms with Crippen LogP contribution in [-0.4, -0.2) is 30.0 Å². The molecule has 2 aromatic carbocycles. The molecule has 2 aromatic rings. The van der Waals surface area contributed by atoms with Gasteiger partial charge in [0.15, 0.2) is 11.5 Å². The van der Waals surface area contributed by atoms with Crippen molar-refractivity contribution in [1.29, 1.82) is 0 Å². The Balaban J connectivity index is 1.70. The normalized spacial score (nSPS) is 14.7. The van der Waals surface area contributed by atoms with Crippen LogP contribution >= 0.6 is 35.6 Å². The molecule has 0 aromatic heterocycles. The number of ether oxygens (including phenoxy) is 3. The van der Waals surface area contributed by atoms with E-state index < -0.39 is 0 Å². The lowest BCUT2D eigenvalue weighted by Gasteiger charge is -2.15. The van der Waals surface area contributed by atoms with E-state index >= 15 is 0 Å². The molecule has 0 radical (unpaired) electrons. The summed E-state index contributed by atoms with van der Waals surface area (Å²) in [6.45, 7) is 7.06. The molecular weight excluding hydrogens is 442 g/mol. The Kier molecular flexibility index (Phi) is 7.64. The maximum Gasteiger partial charge on any atom is 0.263 e. The van der Waals surface area contributed by atoms with Gasteiger partial charge in [0.1, 0.15) is 23.3 Å². The fraction of sp³-hybridized carbons (Fsp3) is 0.273. The molecule has 1 aliphatic heterocycles. The van der Waals surface area contributed by atoms with E-state index in [1.54, 1.807) is 18.2 Å². The predicted molar refractivity (Wildman–Crippen MR) is 126 cm³/mol. The van der Waals surface area contributed by atoms with Gasteiger partial charge in [0.25, 0.3) is 5.91 Å². The SMILES string of the molecule is CCOc1cc(/C=C2/SC(=S)NC2=O)cc(Cl)c1OCCOc1cc(C)cc(C)c1. The number of hydrogen-bond acceptors (Lipinski definition) is 6. The molecule has 1 heterocycles. The van der Waals surface area contributed by atoms with E-state index in [1.165, 1.54) is 11.8 Å². The first-order valence-corrected chi connectivity index (χ1v) is 11.0. The van der Waals surface area contributed by atoms with Gasteiger partial charge in [-0.3, -0.25) is 4.79 Å². The van der Waals surface area contributed by atoms with Gasteiger partial charge in [-0.05, 0) is 67.8 Å². The number of aryl methyl sites for hydroxylation is 2. The predicted octanol–water partition coefficient (Wildman–Crippen LogP) is 5.30. The minimum absolute atomic E-state index is 0.219. The molecule has 0 saturated carbocycles. The average Bonchev–Trinajstić information content (AvgIpc) is 2.97. The highest BCUT2D eigenvalue weighted by Gasteiger charge is 2.22. The van der Waals surface area contributed by atoms with Crippen molar-refractivity contribution in [3.8, 4) is 17.2 Å². The van der Waals surface area contributed by atoms with E-state index in [2.05, 4.69) is 11.4 Å². The minimum Gasteiger partial charge on any atom is -0.490 e. The van der Waals surface area contributed by atoms with Crippen LogP contribution < -0.4 is 19.5 Å². The molecule has 0 bridgehead atoms. The summed E-state index contributed by atoms with van der Waals surface area (Å²) < 4.78 is 17.8. The summed E-state index contributed by atoms with van der Waals surface area (Å²) in [6.07, 6.45) is 1.72. The van der Waals surface area contributed by atoms with Crippen LogP contribution in [0.2, 0.25) is 5.02 Å². The highest BCUT2D eigenvalue weighted by Crippen LogP contribution is 2.38. The van der Waals surface area contributed by atoms with Crippen molar-refractivity contribution in [3.63, 3.8) is 0 Å². The Labute approximate surface area is 190 Å². The number of carbonyl (C=O) groups is 1. The molecule has 0 spiro atoms. The van der Waals surface area contributed by atoms with E-state index in [9.17, 15) is 4.79 Å². The number of carbonyl (C=O) groups excluding carboxylic acids is 1. The van der Waals surface area contributed by atoms with Crippen LogP contribution in [0.1, 0.15) is 23.6 Å². The topological polar surface area (TPSA) is 56.8 Å². The van der Waals surface area contributed by atoms with Crippen LogP contribution in [0.3, 0.4) is 0 Å². The van der Waals surface area contributed by atoms with E-state index in [1.807, 2.05) is 32.9 Å². The minimum atomic E-state index is -0.219. The Bertz CT molecular complexity index is 987. The fourth-order valence-electron chi connectivity index (χ4n) is 2.97. The molecule has 0 atom stereocenters. The largest absolute Gasteiger partial charge is 0.490 e. The van der Waals surface area contributed by atoms with Gasteiger partial charge in [-0.1, -0.05) is 41.6 Å². The molecule has 1 fully saturated rings. The van der Waals surface area contributed by atoms with Crippen LogP contribution in [-0.2, 0) is 4.79 Å². The number of nitrogens with one attached hydrogen (secondary N) is 1. The highest BCUT2D eigenvalue weighted by molar-refractivity contribution is 8.26. The van der Waals surface area contributed by atoms with Crippen LogP contribution in [0.25, 0.3) is 6.08 Å². The number of benzene rings is 2. The summed E-state index contributed by atoms with van der Waals surface area (Å²) in [7, 11) is 0. The van der Waals surface area contributed by atoms with E-state index in [4.69, 9.17) is 38.0 Å². The smallest absolute Gasteiger partial charge is 0.263 e. The average molecular weight is 464 g/mol. The number of thioether (sulfide) groups is 1. The quantitative estimate of drug-likeness (QED) is 0.325. The van der Waals surface area contributed by atoms with Gasteiger partial charge in [-0.25, -0.2) is 0 Å². The molecule has 1 saturated heterocycles. The maximum absolute atomic E-state index is 11.9. The Morgan fingerprint density at radius 2 is 1.77 bits per heavy atom. The second kappa shape index (κ2) is 10.2. The van der Waals surface area contributed by atoms with Gasteiger partial charge >= 0.3 is 0 Å². The molecule has 1 amide bonds. The first-order chi connectivity index (χ1) is 14.4. The van der Waals surface area contributed by atoms with Crippen LogP contribution in [0.4, 0.5) is 0 Å². The van der Waals surface area contributed by atoms with Gasteiger partial charge in [-0.15, -0.1) is 0 Å². The van der Waals surface area contributed by atoms with Gasteiger partial charge in [-0.2, -0.15) is 0 Å². The second-order valence-corrected chi connectivity index (χ2v) is 8.76. The molecule has 8 heteroatoms. The van der Waals surface area contributed by atoms with Crippen molar-refractivity contribution >= 4 is 51.9 Å². The number of halogens is 1. The third-order valence-electron chi connectivity index (χ3n) is 4.07. The maximum atomic E-state index is 11.9. The molecule has 3 rings (SSSR count). The lowest BCUT2D eigenvalue weighted by atomic mass is 10.1. The first-order valence-electron chi connectivity index (χ1n) is 9.41. The second-order valence-electron chi connectivity index (χ2n) is 6.64. The summed E-state index contributed by atoms with van der Waals surface area (Å²) in [5, 5.41) is 2.99.